The maximum Gasteiger partial charge on any atom is 0.0434 e. The second kappa shape index (κ2) is 4.30. The van der Waals surface area contributed by atoms with Crippen molar-refractivity contribution >= 4 is 0 Å². The Kier molecular flexibility index (Phi) is 2.65. The lowest BCUT2D eigenvalue weighted by molar-refractivity contribution is 1.02. The van der Waals surface area contributed by atoms with Gasteiger partial charge in [0.2, 0.25) is 0 Å². The Morgan fingerprint density at radius 3 is 2.65 bits per heavy atom. The van der Waals surface area contributed by atoms with Crippen molar-refractivity contribution in [1.82, 2.24) is 4.98 Å². The minimum absolute atomic E-state index is 0.585. The number of nitrogens with zero attached hydrogens (tertiary/aromatic N) is 1. The SMILES string of the molecule is NCc1cccc(-c2ccc(C3CC3)nc2)c1. The van der Waals surface area contributed by atoms with Gasteiger partial charge in [-0.15, -0.1) is 0 Å². The third-order valence-corrected chi connectivity index (χ3v) is 3.28. The van der Waals surface area contributed by atoms with Crippen LogP contribution >= 0.6 is 0 Å². The second-order valence-electron chi connectivity index (χ2n) is 4.65. The standard InChI is InChI=1S/C15H16N2/c16-9-11-2-1-3-13(8-11)14-6-7-15(17-10-14)12-4-5-12/h1-3,6-8,10,12H,4-5,9,16H2. The average molecular weight is 224 g/mol. The molecule has 1 aliphatic carbocycles. The summed E-state index contributed by atoms with van der Waals surface area (Å²) in [6, 6.07) is 12.7. The summed E-state index contributed by atoms with van der Waals surface area (Å²) in [7, 11) is 0. The van der Waals surface area contributed by atoms with E-state index in [4.69, 9.17) is 5.73 Å². The van der Waals surface area contributed by atoms with Gasteiger partial charge in [-0.1, -0.05) is 24.3 Å². The fourth-order valence-corrected chi connectivity index (χ4v) is 2.07. The summed E-state index contributed by atoms with van der Waals surface area (Å²) in [5.74, 6) is 0.722. The highest BCUT2D eigenvalue weighted by molar-refractivity contribution is 5.63. The monoisotopic (exact) mass is 224 g/mol. The highest BCUT2D eigenvalue weighted by Gasteiger charge is 2.24. The predicted octanol–water partition coefficient (Wildman–Crippen LogP) is 3.08. The molecule has 2 nitrogen and oxygen atoms in total. The summed E-state index contributed by atoms with van der Waals surface area (Å²) in [5.41, 5.74) is 10.4. The molecule has 0 radical (unpaired) electrons. The minimum Gasteiger partial charge on any atom is -0.326 e. The van der Waals surface area contributed by atoms with Crippen LogP contribution in [0.15, 0.2) is 42.6 Å². The van der Waals surface area contributed by atoms with E-state index in [0.717, 1.165) is 11.5 Å². The van der Waals surface area contributed by atoms with Crippen LogP contribution in [0.4, 0.5) is 0 Å². The summed E-state index contributed by atoms with van der Waals surface area (Å²) in [4.78, 5) is 4.54. The molecule has 0 aliphatic heterocycles. The van der Waals surface area contributed by atoms with Crippen molar-refractivity contribution in [2.24, 2.45) is 5.73 Å². The van der Waals surface area contributed by atoms with Gasteiger partial charge in [-0.25, -0.2) is 0 Å². The van der Waals surface area contributed by atoms with Gasteiger partial charge in [0.1, 0.15) is 0 Å². The van der Waals surface area contributed by atoms with E-state index in [1.807, 2.05) is 12.3 Å². The van der Waals surface area contributed by atoms with Gasteiger partial charge in [0.15, 0.2) is 0 Å². The summed E-state index contributed by atoms with van der Waals surface area (Å²) < 4.78 is 0. The fraction of sp³-hybridized carbons (Fsp3) is 0.267. The zero-order valence-corrected chi connectivity index (χ0v) is 9.76. The van der Waals surface area contributed by atoms with Gasteiger partial charge >= 0.3 is 0 Å². The third-order valence-electron chi connectivity index (χ3n) is 3.28. The molecule has 1 aliphatic rings. The molecule has 2 N–H and O–H groups in total. The van der Waals surface area contributed by atoms with Crippen molar-refractivity contribution in [3.63, 3.8) is 0 Å². The van der Waals surface area contributed by atoms with Crippen LogP contribution in [0.5, 0.6) is 0 Å². The van der Waals surface area contributed by atoms with Crippen molar-refractivity contribution in [2.45, 2.75) is 25.3 Å². The molecule has 86 valence electrons. The van der Waals surface area contributed by atoms with Crippen LogP contribution in [0.1, 0.15) is 30.0 Å². The molecule has 1 fully saturated rings. The van der Waals surface area contributed by atoms with Gasteiger partial charge in [-0.2, -0.15) is 0 Å². The maximum absolute atomic E-state index is 5.65. The Bertz CT molecular complexity index is 513. The second-order valence-corrected chi connectivity index (χ2v) is 4.65. The van der Waals surface area contributed by atoms with Gasteiger partial charge < -0.3 is 5.73 Å². The molecule has 17 heavy (non-hydrogen) atoms. The number of benzene rings is 1. The number of aromatic nitrogens is 1. The zero-order valence-electron chi connectivity index (χ0n) is 9.76. The van der Waals surface area contributed by atoms with Crippen LogP contribution < -0.4 is 5.73 Å². The van der Waals surface area contributed by atoms with Crippen molar-refractivity contribution in [2.75, 3.05) is 0 Å². The number of hydrogen-bond donors (Lipinski definition) is 1. The zero-order chi connectivity index (χ0) is 11.7. The Balaban J connectivity index is 1.91. The average Bonchev–Trinajstić information content (AvgIpc) is 3.23. The molecule has 2 heteroatoms. The normalized spacial score (nSPS) is 14.9. The van der Waals surface area contributed by atoms with E-state index < -0.39 is 0 Å². The molecule has 1 heterocycles. The molecule has 1 saturated carbocycles. The van der Waals surface area contributed by atoms with Crippen molar-refractivity contribution in [3.8, 4) is 11.1 Å². The molecule has 3 rings (SSSR count). The number of pyridine rings is 1. The first-order valence-electron chi connectivity index (χ1n) is 6.12. The van der Waals surface area contributed by atoms with Gasteiger partial charge in [0.05, 0.1) is 0 Å². The Hall–Kier alpha value is -1.67. The van der Waals surface area contributed by atoms with Crippen LogP contribution in [0.3, 0.4) is 0 Å². The lowest BCUT2D eigenvalue weighted by Gasteiger charge is -2.04. The van der Waals surface area contributed by atoms with Gasteiger partial charge in [0, 0.05) is 29.9 Å². The van der Waals surface area contributed by atoms with E-state index in [1.165, 1.54) is 29.7 Å². The Labute approximate surface area is 102 Å². The van der Waals surface area contributed by atoms with Gasteiger partial charge in [-0.3, -0.25) is 4.98 Å². The van der Waals surface area contributed by atoms with Crippen molar-refractivity contribution in [1.29, 1.82) is 0 Å². The lowest BCUT2D eigenvalue weighted by atomic mass is 10.0. The fourth-order valence-electron chi connectivity index (χ4n) is 2.07. The first-order chi connectivity index (χ1) is 8.36. The Morgan fingerprint density at radius 1 is 1.12 bits per heavy atom. The van der Waals surface area contributed by atoms with Crippen molar-refractivity contribution < 1.29 is 0 Å². The molecule has 1 aromatic carbocycles. The van der Waals surface area contributed by atoms with Crippen LogP contribution in [-0.4, -0.2) is 4.98 Å². The quantitative estimate of drug-likeness (QED) is 0.870. The largest absolute Gasteiger partial charge is 0.326 e. The molecule has 0 saturated heterocycles. The van der Waals surface area contributed by atoms with E-state index >= 15 is 0 Å². The van der Waals surface area contributed by atoms with Crippen LogP contribution in [0, 0.1) is 0 Å². The molecular weight excluding hydrogens is 208 g/mol. The number of nitrogens with two attached hydrogens (primary N) is 1. The van der Waals surface area contributed by atoms with Crippen LogP contribution in [0.2, 0.25) is 0 Å². The first-order valence-corrected chi connectivity index (χ1v) is 6.12. The first kappa shape index (κ1) is 10.5. The smallest absolute Gasteiger partial charge is 0.0434 e. The molecular formula is C15H16N2. The number of hydrogen-bond acceptors (Lipinski definition) is 2. The topological polar surface area (TPSA) is 38.9 Å². The summed E-state index contributed by atoms with van der Waals surface area (Å²) in [6.45, 7) is 0.585. The summed E-state index contributed by atoms with van der Waals surface area (Å²) in [5, 5.41) is 0. The predicted molar refractivity (Wildman–Crippen MR) is 69.5 cm³/mol. The van der Waals surface area contributed by atoms with E-state index in [0.29, 0.717) is 6.54 Å². The molecule has 0 bridgehead atoms. The Morgan fingerprint density at radius 2 is 2.00 bits per heavy atom. The third kappa shape index (κ3) is 2.22. The minimum atomic E-state index is 0.585. The molecule has 0 unspecified atom stereocenters. The maximum atomic E-state index is 5.65. The molecule has 2 aromatic rings. The molecule has 1 aromatic heterocycles. The molecule has 0 amide bonds. The highest BCUT2D eigenvalue weighted by Crippen LogP contribution is 2.39. The highest BCUT2D eigenvalue weighted by atomic mass is 14.7. The van der Waals surface area contributed by atoms with E-state index in [9.17, 15) is 0 Å². The van der Waals surface area contributed by atoms with Crippen LogP contribution in [-0.2, 0) is 6.54 Å². The molecule has 0 atom stereocenters. The van der Waals surface area contributed by atoms with E-state index in [1.54, 1.807) is 0 Å². The molecule has 0 spiro atoms. The van der Waals surface area contributed by atoms with E-state index in [2.05, 4.69) is 35.3 Å². The van der Waals surface area contributed by atoms with Crippen molar-refractivity contribution in [3.05, 3.63) is 53.9 Å². The van der Waals surface area contributed by atoms with Crippen LogP contribution in [0.25, 0.3) is 11.1 Å². The number of rotatable bonds is 3. The van der Waals surface area contributed by atoms with Gasteiger partial charge in [0.25, 0.3) is 0 Å². The lowest BCUT2D eigenvalue weighted by Crippen LogP contribution is -1.96. The summed E-state index contributed by atoms with van der Waals surface area (Å²) in [6.07, 6.45) is 4.58. The summed E-state index contributed by atoms with van der Waals surface area (Å²) >= 11 is 0. The van der Waals surface area contributed by atoms with Gasteiger partial charge in [-0.05, 0) is 36.1 Å². The van der Waals surface area contributed by atoms with E-state index in [-0.39, 0.29) is 0 Å².